The summed E-state index contributed by atoms with van der Waals surface area (Å²) in [4.78, 5) is 13.4. The maximum absolute atomic E-state index is 13.4. The summed E-state index contributed by atoms with van der Waals surface area (Å²) in [7, 11) is 0. The number of ketones is 1. The first kappa shape index (κ1) is 20.1. The van der Waals surface area contributed by atoms with Crippen LogP contribution >= 0.6 is 31.9 Å². The number of allylic oxidation sites excluding steroid dienone is 2. The normalized spacial score (nSPS) is 19.7. The van der Waals surface area contributed by atoms with E-state index in [9.17, 15) is 4.79 Å². The van der Waals surface area contributed by atoms with Gasteiger partial charge < -0.3 is 0 Å². The van der Waals surface area contributed by atoms with E-state index in [4.69, 9.17) is 0 Å². The highest BCUT2D eigenvalue weighted by Crippen LogP contribution is 2.39. The molecule has 1 fully saturated rings. The molecule has 4 rings (SSSR count). The summed E-state index contributed by atoms with van der Waals surface area (Å²) in [5, 5.41) is 0. The summed E-state index contributed by atoms with van der Waals surface area (Å²) in [6.45, 7) is 0. The minimum absolute atomic E-state index is 0.142. The molecule has 144 valence electrons. The smallest absolute Gasteiger partial charge is 0.185 e. The monoisotopic (exact) mass is 506 g/mol. The number of carbonyl (C=O) groups excluding carboxylic acids is 1. The van der Waals surface area contributed by atoms with Gasteiger partial charge in [0.05, 0.1) is 0 Å². The van der Waals surface area contributed by atoms with Gasteiger partial charge >= 0.3 is 0 Å². The van der Waals surface area contributed by atoms with Crippen LogP contribution in [0.4, 0.5) is 0 Å². The van der Waals surface area contributed by atoms with Gasteiger partial charge in [0, 0.05) is 20.1 Å². The van der Waals surface area contributed by atoms with Crippen molar-refractivity contribution >= 4 is 49.8 Å². The average Bonchev–Trinajstić information content (AvgIpc) is 2.74. The quantitative estimate of drug-likeness (QED) is 0.330. The maximum Gasteiger partial charge on any atom is 0.185 e. The summed E-state index contributed by atoms with van der Waals surface area (Å²) in [5.74, 6) is 0.431. The lowest BCUT2D eigenvalue weighted by atomic mass is 9.77. The van der Waals surface area contributed by atoms with E-state index in [0.717, 1.165) is 44.1 Å². The minimum Gasteiger partial charge on any atom is -0.289 e. The van der Waals surface area contributed by atoms with E-state index in [1.165, 1.54) is 5.56 Å². The number of benzene rings is 3. The molecule has 0 aliphatic heterocycles. The molecular weight excluding hydrogens is 488 g/mol. The third-order valence-corrected chi connectivity index (χ3v) is 6.70. The van der Waals surface area contributed by atoms with Crippen molar-refractivity contribution in [1.82, 2.24) is 0 Å². The molecule has 29 heavy (non-hydrogen) atoms. The van der Waals surface area contributed by atoms with Gasteiger partial charge in [0.25, 0.3) is 0 Å². The van der Waals surface area contributed by atoms with E-state index in [-0.39, 0.29) is 11.7 Å². The fourth-order valence-electron chi connectivity index (χ4n) is 3.76. The molecule has 0 heterocycles. The topological polar surface area (TPSA) is 17.1 Å². The number of halogens is 2. The van der Waals surface area contributed by atoms with Gasteiger partial charge in [0.1, 0.15) is 0 Å². The van der Waals surface area contributed by atoms with Crippen LogP contribution in [0.2, 0.25) is 0 Å². The first-order valence-electron chi connectivity index (χ1n) is 9.61. The van der Waals surface area contributed by atoms with E-state index in [1.54, 1.807) is 0 Å². The van der Waals surface area contributed by atoms with Gasteiger partial charge in [0.15, 0.2) is 5.78 Å². The van der Waals surface area contributed by atoms with Crippen LogP contribution in [0.5, 0.6) is 0 Å². The summed E-state index contributed by atoms with van der Waals surface area (Å²) in [6.07, 6.45) is 5.57. The fraction of sp³-hybridized carbons (Fsp3) is 0.115. The largest absolute Gasteiger partial charge is 0.289 e. The standard InChI is InChI=1S/C26H20Br2O/c27-24-12-6-4-10-19(24)14-22-16-21(18-8-2-1-3-9-18)17-23(26(22)29)15-20-11-5-7-13-25(20)28/h1-15,21H,16-17H2. The average molecular weight is 508 g/mol. The van der Waals surface area contributed by atoms with Gasteiger partial charge in [0.2, 0.25) is 0 Å². The third-order valence-electron chi connectivity index (χ3n) is 5.26. The predicted octanol–water partition coefficient (Wildman–Crippen LogP) is 7.83. The Morgan fingerprint density at radius 2 is 1.10 bits per heavy atom. The molecule has 0 saturated heterocycles. The van der Waals surface area contributed by atoms with Crippen LogP contribution in [-0.4, -0.2) is 5.78 Å². The molecule has 0 spiro atoms. The Labute approximate surface area is 188 Å². The van der Waals surface area contributed by atoms with Crippen molar-refractivity contribution in [2.24, 2.45) is 0 Å². The van der Waals surface area contributed by atoms with Crippen molar-refractivity contribution in [3.8, 4) is 0 Å². The summed E-state index contributed by atoms with van der Waals surface area (Å²) in [5.41, 5.74) is 5.05. The molecule has 0 aromatic heterocycles. The zero-order valence-corrected chi connectivity index (χ0v) is 19.0. The van der Waals surface area contributed by atoms with Crippen LogP contribution < -0.4 is 0 Å². The van der Waals surface area contributed by atoms with E-state index in [0.29, 0.717) is 0 Å². The second-order valence-corrected chi connectivity index (χ2v) is 8.94. The summed E-state index contributed by atoms with van der Waals surface area (Å²) >= 11 is 7.21. The van der Waals surface area contributed by atoms with Gasteiger partial charge in [-0.05, 0) is 59.7 Å². The van der Waals surface area contributed by atoms with Crippen LogP contribution in [0.15, 0.2) is 99.0 Å². The highest BCUT2D eigenvalue weighted by atomic mass is 79.9. The number of hydrogen-bond donors (Lipinski definition) is 0. The lowest BCUT2D eigenvalue weighted by Crippen LogP contribution is -2.19. The molecule has 0 unspecified atom stereocenters. The second-order valence-electron chi connectivity index (χ2n) is 7.23. The molecule has 0 radical (unpaired) electrons. The van der Waals surface area contributed by atoms with Gasteiger partial charge in [-0.25, -0.2) is 0 Å². The first-order valence-corrected chi connectivity index (χ1v) is 11.2. The van der Waals surface area contributed by atoms with E-state index in [1.807, 2.05) is 66.7 Å². The van der Waals surface area contributed by atoms with E-state index < -0.39 is 0 Å². The molecule has 1 saturated carbocycles. The van der Waals surface area contributed by atoms with Crippen molar-refractivity contribution in [1.29, 1.82) is 0 Å². The van der Waals surface area contributed by atoms with E-state index in [2.05, 4.69) is 56.1 Å². The number of hydrogen-bond acceptors (Lipinski definition) is 1. The van der Waals surface area contributed by atoms with Crippen LogP contribution in [0.1, 0.15) is 35.4 Å². The van der Waals surface area contributed by atoms with Crippen LogP contribution in [0.3, 0.4) is 0 Å². The van der Waals surface area contributed by atoms with Gasteiger partial charge in [-0.3, -0.25) is 4.79 Å². The second kappa shape index (κ2) is 9.06. The molecule has 1 aliphatic rings. The van der Waals surface area contributed by atoms with Crippen LogP contribution in [0, 0.1) is 0 Å². The third kappa shape index (κ3) is 4.68. The van der Waals surface area contributed by atoms with Crippen molar-refractivity contribution in [2.45, 2.75) is 18.8 Å². The van der Waals surface area contributed by atoms with Gasteiger partial charge in [-0.2, -0.15) is 0 Å². The molecule has 1 aliphatic carbocycles. The Morgan fingerprint density at radius 1 is 0.655 bits per heavy atom. The zero-order valence-electron chi connectivity index (χ0n) is 15.8. The molecule has 0 bridgehead atoms. The Balaban J connectivity index is 1.78. The molecule has 3 aromatic rings. The molecule has 3 heteroatoms. The summed E-state index contributed by atoms with van der Waals surface area (Å²) in [6, 6.07) is 26.5. The number of carbonyl (C=O) groups is 1. The Bertz CT molecular complexity index is 1030. The molecule has 0 N–H and O–H groups in total. The molecule has 0 atom stereocenters. The SMILES string of the molecule is O=C1C(=Cc2ccccc2Br)CC(c2ccccc2)CC1=Cc1ccccc1Br. The van der Waals surface area contributed by atoms with Crippen molar-refractivity contribution in [2.75, 3.05) is 0 Å². The number of rotatable bonds is 3. The predicted molar refractivity (Wildman–Crippen MR) is 128 cm³/mol. The lowest BCUT2D eigenvalue weighted by Gasteiger charge is -2.26. The highest BCUT2D eigenvalue weighted by Gasteiger charge is 2.29. The summed E-state index contributed by atoms with van der Waals surface area (Å²) < 4.78 is 2.00. The zero-order chi connectivity index (χ0) is 20.2. The minimum atomic E-state index is 0.142. The van der Waals surface area contributed by atoms with Crippen molar-refractivity contribution < 1.29 is 4.79 Å². The lowest BCUT2D eigenvalue weighted by molar-refractivity contribution is -0.113. The molecule has 3 aromatic carbocycles. The molecule has 1 nitrogen and oxygen atoms in total. The molecule has 0 amide bonds. The van der Waals surface area contributed by atoms with Crippen LogP contribution in [0.25, 0.3) is 12.2 Å². The van der Waals surface area contributed by atoms with Crippen molar-refractivity contribution in [3.63, 3.8) is 0 Å². The van der Waals surface area contributed by atoms with Gasteiger partial charge in [-0.1, -0.05) is 98.6 Å². The molecular formula is C26H20Br2O. The van der Waals surface area contributed by atoms with Crippen LogP contribution in [-0.2, 0) is 4.79 Å². The first-order chi connectivity index (χ1) is 14.1. The van der Waals surface area contributed by atoms with E-state index >= 15 is 0 Å². The maximum atomic E-state index is 13.4. The Morgan fingerprint density at radius 3 is 1.59 bits per heavy atom. The Kier molecular flexibility index (Phi) is 6.27. The highest BCUT2D eigenvalue weighted by molar-refractivity contribution is 9.10. The number of Topliss-reactive ketones (excluding diaryl/α,β-unsaturated/α-hetero) is 1. The Hall–Kier alpha value is -2.23. The fourth-order valence-corrected chi connectivity index (χ4v) is 4.56. The van der Waals surface area contributed by atoms with Crippen molar-refractivity contribution in [3.05, 3.63) is 116 Å². The van der Waals surface area contributed by atoms with Gasteiger partial charge in [-0.15, -0.1) is 0 Å².